The third-order valence-electron chi connectivity index (χ3n) is 5.12. The first-order valence-corrected chi connectivity index (χ1v) is 9.98. The van der Waals surface area contributed by atoms with Crippen LogP contribution in [0.3, 0.4) is 0 Å². The van der Waals surface area contributed by atoms with Crippen molar-refractivity contribution in [2.45, 2.75) is 19.4 Å². The second-order valence-corrected chi connectivity index (χ2v) is 7.17. The summed E-state index contributed by atoms with van der Waals surface area (Å²) < 4.78 is 11.1. The molecule has 28 heavy (non-hydrogen) atoms. The normalized spacial score (nSPS) is 17.0. The highest BCUT2D eigenvalue weighted by Crippen LogP contribution is 2.17. The van der Waals surface area contributed by atoms with Gasteiger partial charge in [0.1, 0.15) is 5.75 Å². The maximum atomic E-state index is 5.93. The predicted octanol–water partition coefficient (Wildman–Crippen LogP) is 3.35. The number of methoxy groups -OCH3 is 1. The fourth-order valence-electron chi connectivity index (χ4n) is 3.52. The number of benzene rings is 2. The molecule has 1 unspecified atom stereocenters. The molecule has 1 N–H and O–H groups in total. The Hall–Kier alpha value is -2.53. The standard InChI is InChI=1S/C23H31N3O2/c1-24-23(25-14-12-19-8-10-22(27-2)11-9-19)26-15-13-21(16-26)18-28-17-20-6-4-3-5-7-20/h3-11,21H,12-18H2,1-2H3,(H,24,25). The van der Waals surface area contributed by atoms with Crippen LogP contribution in [0.1, 0.15) is 17.5 Å². The summed E-state index contributed by atoms with van der Waals surface area (Å²) in [7, 11) is 3.55. The number of guanidine groups is 1. The first kappa shape index (κ1) is 20.2. The van der Waals surface area contributed by atoms with Crippen molar-refractivity contribution in [1.82, 2.24) is 10.2 Å². The van der Waals surface area contributed by atoms with Crippen molar-refractivity contribution < 1.29 is 9.47 Å². The summed E-state index contributed by atoms with van der Waals surface area (Å²) in [6, 6.07) is 18.6. The van der Waals surface area contributed by atoms with Crippen LogP contribution < -0.4 is 10.1 Å². The fourth-order valence-corrected chi connectivity index (χ4v) is 3.52. The third kappa shape index (κ3) is 5.99. The zero-order valence-corrected chi connectivity index (χ0v) is 16.9. The molecular weight excluding hydrogens is 350 g/mol. The van der Waals surface area contributed by atoms with E-state index in [9.17, 15) is 0 Å². The Morgan fingerprint density at radius 2 is 1.89 bits per heavy atom. The molecule has 5 heteroatoms. The van der Waals surface area contributed by atoms with Gasteiger partial charge in [-0.3, -0.25) is 4.99 Å². The second-order valence-electron chi connectivity index (χ2n) is 7.17. The highest BCUT2D eigenvalue weighted by molar-refractivity contribution is 5.80. The molecule has 1 fully saturated rings. The number of hydrogen-bond donors (Lipinski definition) is 1. The zero-order valence-electron chi connectivity index (χ0n) is 16.9. The summed E-state index contributed by atoms with van der Waals surface area (Å²) in [5.74, 6) is 2.44. The van der Waals surface area contributed by atoms with Crippen LogP contribution in [0, 0.1) is 5.92 Å². The van der Waals surface area contributed by atoms with E-state index in [1.54, 1.807) is 7.11 Å². The van der Waals surface area contributed by atoms with Crippen molar-refractivity contribution in [3.63, 3.8) is 0 Å². The maximum Gasteiger partial charge on any atom is 0.193 e. The lowest BCUT2D eigenvalue weighted by Crippen LogP contribution is -2.41. The maximum absolute atomic E-state index is 5.93. The van der Waals surface area contributed by atoms with Gasteiger partial charge in [-0.15, -0.1) is 0 Å². The van der Waals surface area contributed by atoms with Crippen molar-refractivity contribution in [3.05, 3.63) is 65.7 Å². The Bertz CT molecular complexity index is 731. The van der Waals surface area contributed by atoms with Gasteiger partial charge in [0.15, 0.2) is 5.96 Å². The number of nitrogens with zero attached hydrogens (tertiary/aromatic N) is 2. The van der Waals surface area contributed by atoms with E-state index in [1.165, 1.54) is 11.1 Å². The highest BCUT2D eigenvalue weighted by Gasteiger charge is 2.24. The average molecular weight is 382 g/mol. The van der Waals surface area contributed by atoms with Gasteiger partial charge < -0.3 is 19.7 Å². The van der Waals surface area contributed by atoms with Gasteiger partial charge in [-0.25, -0.2) is 0 Å². The van der Waals surface area contributed by atoms with E-state index in [0.717, 1.165) is 50.8 Å². The van der Waals surface area contributed by atoms with E-state index >= 15 is 0 Å². The molecule has 1 aliphatic heterocycles. The highest BCUT2D eigenvalue weighted by atomic mass is 16.5. The number of rotatable bonds is 8. The van der Waals surface area contributed by atoms with E-state index in [-0.39, 0.29) is 0 Å². The Morgan fingerprint density at radius 3 is 2.61 bits per heavy atom. The molecule has 0 radical (unpaired) electrons. The van der Waals surface area contributed by atoms with Crippen LogP contribution in [0.4, 0.5) is 0 Å². The van der Waals surface area contributed by atoms with Crippen LogP contribution in [0.15, 0.2) is 59.6 Å². The van der Waals surface area contributed by atoms with Gasteiger partial charge in [0.05, 0.1) is 20.3 Å². The van der Waals surface area contributed by atoms with Crippen LogP contribution in [-0.4, -0.2) is 51.3 Å². The number of nitrogens with one attached hydrogen (secondary N) is 1. The minimum atomic E-state index is 0.559. The van der Waals surface area contributed by atoms with Gasteiger partial charge in [-0.1, -0.05) is 42.5 Å². The molecule has 1 aliphatic rings. The van der Waals surface area contributed by atoms with E-state index in [2.05, 4.69) is 51.6 Å². The summed E-state index contributed by atoms with van der Waals surface area (Å²) >= 11 is 0. The van der Waals surface area contributed by atoms with Crippen molar-refractivity contribution >= 4 is 5.96 Å². The summed E-state index contributed by atoms with van der Waals surface area (Å²) in [4.78, 5) is 6.80. The third-order valence-corrected chi connectivity index (χ3v) is 5.12. The summed E-state index contributed by atoms with van der Waals surface area (Å²) in [5.41, 5.74) is 2.52. The van der Waals surface area contributed by atoms with Crippen molar-refractivity contribution in [2.24, 2.45) is 10.9 Å². The number of ether oxygens (including phenoxy) is 2. The van der Waals surface area contributed by atoms with Crippen LogP contribution in [0.5, 0.6) is 5.75 Å². The SMILES string of the molecule is CN=C(NCCc1ccc(OC)cc1)N1CCC(COCc2ccccc2)C1. The van der Waals surface area contributed by atoms with Gasteiger partial charge in [-0.2, -0.15) is 0 Å². The minimum absolute atomic E-state index is 0.559. The van der Waals surface area contributed by atoms with Gasteiger partial charge in [-0.05, 0) is 36.1 Å². The van der Waals surface area contributed by atoms with Gasteiger partial charge >= 0.3 is 0 Å². The van der Waals surface area contributed by atoms with Crippen molar-refractivity contribution in [1.29, 1.82) is 0 Å². The molecule has 0 saturated carbocycles. The molecule has 0 bridgehead atoms. The van der Waals surface area contributed by atoms with E-state index in [4.69, 9.17) is 9.47 Å². The molecule has 150 valence electrons. The van der Waals surface area contributed by atoms with E-state index < -0.39 is 0 Å². The molecule has 3 rings (SSSR count). The molecule has 0 aliphatic carbocycles. The average Bonchev–Trinajstić information content (AvgIpc) is 3.21. The topological polar surface area (TPSA) is 46.1 Å². The largest absolute Gasteiger partial charge is 0.497 e. The zero-order chi connectivity index (χ0) is 19.6. The first-order valence-electron chi connectivity index (χ1n) is 9.98. The van der Waals surface area contributed by atoms with E-state index in [1.807, 2.05) is 25.2 Å². The monoisotopic (exact) mass is 381 g/mol. The molecule has 1 heterocycles. The lowest BCUT2D eigenvalue weighted by molar-refractivity contribution is 0.0907. The first-order chi connectivity index (χ1) is 13.8. The predicted molar refractivity (Wildman–Crippen MR) is 114 cm³/mol. The minimum Gasteiger partial charge on any atom is -0.497 e. The lowest BCUT2D eigenvalue weighted by Gasteiger charge is -2.21. The Kier molecular flexibility index (Phi) is 7.73. The van der Waals surface area contributed by atoms with Crippen molar-refractivity contribution in [2.75, 3.05) is 40.4 Å². The van der Waals surface area contributed by atoms with Gasteiger partial charge in [0.2, 0.25) is 0 Å². The molecule has 2 aromatic rings. The molecular formula is C23H31N3O2. The molecule has 0 aromatic heterocycles. The Balaban J connectivity index is 1.37. The van der Waals surface area contributed by atoms with Crippen LogP contribution in [0.25, 0.3) is 0 Å². The Labute approximate surface area is 168 Å². The molecule has 2 aromatic carbocycles. The lowest BCUT2D eigenvalue weighted by atomic mass is 10.1. The van der Waals surface area contributed by atoms with Crippen LogP contribution >= 0.6 is 0 Å². The Morgan fingerprint density at radius 1 is 1.11 bits per heavy atom. The summed E-state index contributed by atoms with van der Waals surface area (Å²) in [6.45, 7) is 4.38. The quantitative estimate of drug-likeness (QED) is 0.563. The summed E-state index contributed by atoms with van der Waals surface area (Å²) in [5, 5.41) is 3.49. The molecule has 5 nitrogen and oxygen atoms in total. The fraction of sp³-hybridized carbons (Fsp3) is 0.435. The van der Waals surface area contributed by atoms with Crippen LogP contribution in [-0.2, 0) is 17.8 Å². The summed E-state index contributed by atoms with van der Waals surface area (Å²) in [6.07, 6.45) is 2.11. The number of likely N-dealkylation sites (tertiary alicyclic amines) is 1. The van der Waals surface area contributed by atoms with E-state index in [0.29, 0.717) is 12.5 Å². The molecule has 0 spiro atoms. The number of aliphatic imine (C=N–C) groups is 1. The van der Waals surface area contributed by atoms with Crippen molar-refractivity contribution in [3.8, 4) is 5.75 Å². The smallest absolute Gasteiger partial charge is 0.193 e. The molecule has 1 atom stereocenters. The van der Waals surface area contributed by atoms with Crippen LogP contribution in [0.2, 0.25) is 0 Å². The molecule has 1 saturated heterocycles. The second kappa shape index (κ2) is 10.7. The number of hydrogen-bond acceptors (Lipinski definition) is 3. The van der Waals surface area contributed by atoms with Gasteiger partial charge in [0, 0.05) is 32.6 Å². The van der Waals surface area contributed by atoms with Gasteiger partial charge in [0.25, 0.3) is 0 Å². The molecule has 0 amide bonds.